The molecular formula is C26H20F2N4O2S. The molecule has 2 aromatic heterocycles. The molecular weight excluding hydrogens is 470 g/mol. The number of rotatable bonds is 6. The van der Waals surface area contributed by atoms with Gasteiger partial charge in [-0.2, -0.15) is 5.10 Å². The Morgan fingerprint density at radius 1 is 1.00 bits per heavy atom. The van der Waals surface area contributed by atoms with Crippen LogP contribution in [0.2, 0.25) is 0 Å². The third-order valence-corrected chi connectivity index (χ3v) is 6.24. The third kappa shape index (κ3) is 4.45. The Hall–Kier alpha value is -4.24. The van der Waals surface area contributed by atoms with Gasteiger partial charge in [0.25, 0.3) is 0 Å². The van der Waals surface area contributed by atoms with E-state index in [9.17, 15) is 8.78 Å². The summed E-state index contributed by atoms with van der Waals surface area (Å²) in [6.45, 7) is 0. The van der Waals surface area contributed by atoms with Gasteiger partial charge in [0.2, 0.25) is 4.80 Å². The number of para-hydroxylation sites is 1. The number of aromatic amines is 1. The molecule has 0 saturated carbocycles. The first-order valence-electron chi connectivity index (χ1n) is 10.6. The molecule has 0 spiro atoms. The number of methoxy groups -OCH3 is 2. The largest absolute Gasteiger partial charge is 0.497 e. The van der Waals surface area contributed by atoms with Crippen molar-refractivity contribution in [3.63, 3.8) is 0 Å². The summed E-state index contributed by atoms with van der Waals surface area (Å²) in [7, 11) is 3.16. The molecule has 0 aliphatic carbocycles. The second-order valence-corrected chi connectivity index (χ2v) is 8.36. The lowest BCUT2D eigenvalue weighted by Gasteiger charge is -2.11. The Morgan fingerprint density at radius 2 is 1.86 bits per heavy atom. The molecule has 1 N–H and O–H groups in total. The summed E-state index contributed by atoms with van der Waals surface area (Å²) >= 11 is 1.27. The van der Waals surface area contributed by atoms with Crippen LogP contribution < -0.4 is 14.3 Å². The number of hydrogen-bond acceptors (Lipinski definition) is 5. The zero-order chi connectivity index (χ0) is 24.4. The van der Waals surface area contributed by atoms with E-state index in [1.54, 1.807) is 37.2 Å². The number of halogens is 2. The van der Waals surface area contributed by atoms with Gasteiger partial charge in [0.1, 0.15) is 23.0 Å². The van der Waals surface area contributed by atoms with Crippen LogP contribution in [0.25, 0.3) is 22.2 Å². The molecule has 0 unspecified atom stereocenters. The molecule has 176 valence electrons. The Bertz CT molecular complexity index is 1620. The molecule has 3 aromatic carbocycles. The number of hydrogen-bond donors (Lipinski definition) is 1. The van der Waals surface area contributed by atoms with Crippen LogP contribution in [0.4, 0.5) is 14.5 Å². The maximum atomic E-state index is 14.4. The number of benzene rings is 3. The van der Waals surface area contributed by atoms with E-state index < -0.39 is 11.6 Å². The van der Waals surface area contributed by atoms with E-state index >= 15 is 0 Å². The average molecular weight is 491 g/mol. The second kappa shape index (κ2) is 9.55. The highest BCUT2D eigenvalue weighted by atomic mass is 32.1. The van der Waals surface area contributed by atoms with E-state index in [-0.39, 0.29) is 5.69 Å². The topological polar surface area (TPSA) is 63.9 Å². The lowest BCUT2D eigenvalue weighted by atomic mass is 10.1. The lowest BCUT2D eigenvalue weighted by molar-refractivity contribution is 0.404. The van der Waals surface area contributed by atoms with Gasteiger partial charge in [0.15, 0.2) is 5.82 Å². The molecule has 9 heteroatoms. The first-order valence-corrected chi connectivity index (χ1v) is 11.5. The third-order valence-electron chi connectivity index (χ3n) is 5.43. The molecule has 0 atom stereocenters. The highest BCUT2D eigenvalue weighted by molar-refractivity contribution is 7.07. The van der Waals surface area contributed by atoms with E-state index in [2.05, 4.69) is 9.98 Å². The average Bonchev–Trinajstić information content (AvgIpc) is 3.47. The summed E-state index contributed by atoms with van der Waals surface area (Å²) in [5, 5.41) is 7.57. The number of H-pyrrole nitrogens is 1. The zero-order valence-corrected chi connectivity index (χ0v) is 19.6. The standard InChI is InChI=1S/C26H20F2N4O2S/c1-33-18-8-10-25(34-2)20(12-18)24-15-35-26(31-23-9-7-17(27)11-21(23)28)32(24)30-14-16-13-29-22-6-4-3-5-19(16)22/h3-15,29H,1-2H3. The monoisotopic (exact) mass is 490 g/mol. The van der Waals surface area contributed by atoms with Gasteiger partial charge in [-0.1, -0.05) is 18.2 Å². The lowest BCUT2D eigenvalue weighted by Crippen LogP contribution is -2.12. The van der Waals surface area contributed by atoms with Gasteiger partial charge >= 0.3 is 0 Å². The van der Waals surface area contributed by atoms with Crippen molar-refractivity contribution in [1.29, 1.82) is 0 Å². The quantitative estimate of drug-likeness (QED) is 0.292. The summed E-state index contributed by atoms with van der Waals surface area (Å²) < 4.78 is 40.4. The Labute approximate surface area is 203 Å². The van der Waals surface area contributed by atoms with Crippen LogP contribution in [-0.2, 0) is 0 Å². The first kappa shape index (κ1) is 22.5. The summed E-state index contributed by atoms with van der Waals surface area (Å²) in [4.78, 5) is 8.05. The van der Waals surface area contributed by atoms with E-state index in [4.69, 9.17) is 14.6 Å². The number of thiazole rings is 1. The molecule has 0 bridgehead atoms. The van der Waals surface area contributed by atoms with Crippen LogP contribution in [0, 0.1) is 11.6 Å². The van der Waals surface area contributed by atoms with Gasteiger partial charge in [0, 0.05) is 39.7 Å². The zero-order valence-electron chi connectivity index (χ0n) is 18.8. The smallest absolute Gasteiger partial charge is 0.211 e. The molecule has 6 nitrogen and oxygen atoms in total. The number of aromatic nitrogens is 2. The van der Waals surface area contributed by atoms with Crippen molar-refractivity contribution in [3.8, 4) is 22.8 Å². The minimum atomic E-state index is -0.758. The molecule has 5 rings (SSSR count). The number of fused-ring (bicyclic) bond motifs is 1. The van der Waals surface area contributed by atoms with Crippen LogP contribution >= 0.6 is 11.3 Å². The van der Waals surface area contributed by atoms with Crippen molar-refractivity contribution in [2.45, 2.75) is 0 Å². The highest BCUT2D eigenvalue weighted by Crippen LogP contribution is 2.34. The first-order chi connectivity index (χ1) is 17.1. The van der Waals surface area contributed by atoms with Gasteiger partial charge in [-0.25, -0.2) is 18.4 Å². The van der Waals surface area contributed by atoms with Gasteiger partial charge in [0.05, 0.1) is 26.1 Å². The van der Waals surface area contributed by atoms with Gasteiger partial charge < -0.3 is 14.5 Å². The van der Waals surface area contributed by atoms with E-state index in [0.29, 0.717) is 22.0 Å². The SMILES string of the molecule is COc1ccc(OC)c(-c2csc(=Nc3ccc(F)cc3F)n2N=Cc2c[nH]c3ccccc23)c1. The van der Waals surface area contributed by atoms with Crippen LogP contribution in [-0.4, -0.2) is 30.1 Å². The predicted molar refractivity (Wildman–Crippen MR) is 134 cm³/mol. The van der Waals surface area contributed by atoms with Gasteiger partial charge in [-0.3, -0.25) is 0 Å². The number of ether oxygens (including phenoxy) is 2. The molecule has 0 aliphatic heterocycles. The Kier molecular flexibility index (Phi) is 6.15. The Balaban J connectivity index is 1.71. The molecule has 2 heterocycles. The fourth-order valence-electron chi connectivity index (χ4n) is 3.68. The second-order valence-electron chi connectivity index (χ2n) is 7.52. The van der Waals surface area contributed by atoms with Gasteiger partial charge in [-0.15, -0.1) is 11.3 Å². The van der Waals surface area contributed by atoms with Crippen molar-refractivity contribution in [2.24, 2.45) is 10.1 Å². The molecule has 0 fully saturated rings. The predicted octanol–water partition coefficient (Wildman–Crippen LogP) is 6.11. The molecule has 0 radical (unpaired) electrons. The van der Waals surface area contributed by atoms with Crippen LogP contribution in [0.5, 0.6) is 11.5 Å². The molecule has 5 aromatic rings. The van der Waals surface area contributed by atoms with E-state index in [1.807, 2.05) is 41.9 Å². The van der Waals surface area contributed by atoms with Gasteiger partial charge in [-0.05, 0) is 36.4 Å². The molecule has 0 saturated heterocycles. The summed E-state index contributed by atoms with van der Waals surface area (Å²) in [6, 6.07) is 16.6. The van der Waals surface area contributed by atoms with Crippen molar-refractivity contribution >= 4 is 34.1 Å². The summed E-state index contributed by atoms with van der Waals surface area (Å²) in [5.74, 6) is -0.174. The molecule has 0 aliphatic rings. The summed E-state index contributed by atoms with van der Waals surface area (Å²) in [6.07, 6.45) is 3.57. The molecule has 0 amide bonds. The Morgan fingerprint density at radius 3 is 2.66 bits per heavy atom. The van der Waals surface area contributed by atoms with Crippen molar-refractivity contribution < 1.29 is 18.3 Å². The van der Waals surface area contributed by atoms with Crippen LogP contribution in [0.1, 0.15) is 5.56 Å². The maximum Gasteiger partial charge on any atom is 0.211 e. The van der Waals surface area contributed by atoms with Crippen LogP contribution in [0.3, 0.4) is 0 Å². The van der Waals surface area contributed by atoms with Crippen LogP contribution in [0.15, 0.2) is 82.3 Å². The number of nitrogens with zero attached hydrogens (tertiary/aromatic N) is 3. The fourth-order valence-corrected chi connectivity index (χ4v) is 4.52. The van der Waals surface area contributed by atoms with E-state index in [1.165, 1.54) is 23.5 Å². The maximum absolute atomic E-state index is 14.4. The normalized spacial score (nSPS) is 12.1. The van der Waals surface area contributed by atoms with E-state index in [0.717, 1.165) is 28.1 Å². The number of nitrogens with one attached hydrogen (secondary N) is 1. The van der Waals surface area contributed by atoms with Crippen molar-refractivity contribution in [3.05, 3.63) is 94.2 Å². The fraction of sp³-hybridized carbons (Fsp3) is 0.0769. The minimum Gasteiger partial charge on any atom is -0.497 e. The summed E-state index contributed by atoms with van der Waals surface area (Å²) in [5.41, 5.74) is 3.26. The minimum absolute atomic E-state index is 0.00783. The van der Waals surface area contributed by atoms with Crippen molar-refractivity contribution in [2.75, 3.05) is 14.2 Å². The highest BCUT2D eigenvalue weighted by Gasteiger charge is 2.15. The van der Waals surface area contributed by atoms with Crippen molar-refractivity contribution in [1.82, 2.24) is 9.66 Å². The molecule has 35 heavy (non-hydrogen) atoms.